The van der Waals surface area contributed by atoms with Crippen LogP contribution in [0, 0.1) is 0 Å². The van der Waals surface area contributed by atoms with Gasteiger partial charge in [-0.05, 0) is 35.4 Å². The highest BCUT2D eigenvalue weighted by Gasteiger charge is 2.19. The predicted molar refractivity (Wildman–Crippen MR) is 134 cm³/mol. The molecule has 2 aromatic heterocycles. The molecule has 1 fully saturated rings. The van der Waals surface area contributed by atoms with Gasteiger partial charge in [0.25, 0.3) is 5.91 Å². The van der Waals surface area contributed by atoms with E-state index in [9.17, 15) is 4.79 Å². The third-order valence-electron chi connectivity index (χ3n) is 5.99. The average molecular weight is 452 g/mol. The Morgan fingerprint density at radius 3 is 2.68 bits per heavy atom. The molecule has 5 rings (SSSR count). The van der Waals surface area contributed by atoms with Crippen molar-refractivity contribution in [3.63, 3.8) is 0 Å². The van der Waals surface area contributed by atoms with Crippen LogP contribution in [0.2, 0.25) is 0 Å². The summed E-state index contributed by atoms with van der Waals surface area (Å²) in [5.41, 5.74) is 8.45. The van der Waals surface area contributed by atoms with E-state index in [1.807, 2.05) is 47.5 Å². The Labute approximate surface area is 198 Å². The van der Waals surface area contributed by atoms with Crippen LogP contribution in [0.25, 0.3) is 22.0 Å². The molecule has 0 atom stereocenters. The summed E-state index contributed by atoms with van der Waals surface area (Å²) in [6.45, 7) is 5.93. The SMILES string of the molecule is C=NNc1ncc(-c2cccc(C(=O)N3CCOCC3)c2)cc1Cc1cccc2cccnc12. The zero-order chi connectivity index (χ0) is 23.3. The standard InChI is InChI=1S/C27H25N5O2/c1-28-31-26-23(16-21-7-2-5-19-9-4-10-29-25(19)21)17-24(18-30-26)20-6-3-8-22(15-20)27(33)32-11-13-34-14-12-32/h2-10,15,17-18H,1,11-14,16H2,(H,30,31). The quantitative estimate of drug-likeness (QED) is 0.347. The van der Waals surface area contributed by atoms with Crippen molar-refractivity contribution in [1.82, 2.24) is 14.9 Å². The number of hydrogen-bond acceptors (Lipinski definition) is 6. The molecule has 1 aliphatic heterocycles. The Kier molecular flexibility index (Phi) is 6.27. The van der Waals surface area contributed by atoms with Gasteiger partial charge in [0.2, 0.25) is 0 Å². The molecule has 7 nitrogen and oxygen atoms in total. The van der Waals surface area contributed by atoms with Crippen LogP contribution in [0.4, 0.5) is 5.82 Å². The number of benzene rings is 2. The van der Waals surface area contributed by atoms with E-state index in [1.165, 1.54) is 0 Å². The van der Waals surface area contributed by atoms with Gasteiger partial charge in [-0.25, -0.2) is 4.98 Å². The van der Waals surface area contributed by atoms with Gasteiger partial charge in [0.15, 0.2) is 0 Å². The third kappa shape index (κ3) is 4.51. The number of carbonyl (C=O) groups is 1. The number of fused-ring (bicyclic) bond motifs is 1. The van der Waals surface area contributed by atoms with Crippen LogP contribution >= 0.6 is 0 Å². The Morgan fingerprint density at radius 1 is 1.00 bits per heavy atom. The molecule has 3 heterocycles. The lowest BCUT2D eigenvalue weighted by atomic mass is 9.98. The van der Waals surface area contributed by atoms with Crippen molar-refractivity contribution in [3.05, 3.63) is 89.7 Å². The first kappa shape index (κ1) is 21.7. The van der Waals surface area contributed by atoms with Crippen molar-refractivity contribution >= 4 is 29.3 Å². The number of hydrogen-bond donors (Lipinski definition) is 1. The summed E-state index contributed by atoms with van der Waals surface area (Å²) >= 11 is 0. The maximum absolute atomic E-state index is 13.0. The number of aromatic nitrogens is 2. The van der Waals surface area contributed by atoms with Gasteiger partial charge in [-0.15, -0.1) is 0 Å². The molecule has 1 N–H and O–H groups in total. The normalized spacial score (nSPS) is 13.6. The average Bonchev–Trinajstić information content (AvgIpc) is 2.90. The van der Waals surface area contributed by atoms with Gasteiger partial charge in [-0.1, -0.05) is 36.4 Å². The summed E-state index contributed by atoms with van der Waals surface area (Å²) in [7, 11) is 0. The van der Waals surface area contributed by atoms with Gasteiger partial charge in [-0.3, -0.25) is 15.2 Å². The van der Waals surface area contributed by atoms with Crippen molar-refractivity contribution in [2.24, 2.45) is 5.10 Å². The fraction of sp³-hybridized carbons (Fsp3) is 0.185. The number of nitrogens with zero attached hydrogens (tertiary/aromatic N) is 4. The third-order valence-corrected chi connectivity index (χ3v) is 5.99. The number of para-hydroxylation sites is 1. The number of carbonyl (C=O) groups excluding carboxylic acids is 1. The van der Waals surface area contributed by atoms with Crippen molar-refractivity contribution in [1.29, 1.82) is 0 Å². The van der Waals surface area contributed by atoms with E-state index in [-0.39, 0.29) is 5.91 Å². The molecule has 0 aliphatic carbocycles. The number of anilines is 1. The number of morpholine rings is 1. The molecule has 1 aliphatic rings. The number of ether oxygens (including phenoxy) is 1. The summed E-state index contributed by atoms with van der Waals surface area (Å²) in [6.07, 6.45) is 4.22. The monoisotopic (exact) mass is 451 g/mol. The van der Waals surface area contributed by atoms with Crippen LogP contribution in [0.15, 0.2) is 78.2 Å². The fourth-order valence-corrected chi connectivity index (χ4v) is 4.27. The Balaban J connectivity index is 1.49. The molecule has 1 saturated heterocycles. The summed E-state index contributed by atoms with van der Waals surface area (Å²) in [4.78, 5) is 24.0. The molecule has 1 amide bonds. The lowest BCUT2D eigenvalue weighted by molar-refractivity contribution is 0.0303. The van der Waals surface area contributed by atoms with E-state index < -0.39 is 0 Å². The van der Waals surface area contributed by atoms with Crippen LogP contribution in [-0.4, -0.2) is 53.8 Å². The first-order chi connectivity index (χ1) is 16.7. The minimum absolute atomic E-state index is 0.0225. The van der Waals surface area contributed by atoms with Crippen LogP contribution in [0.1, 0.15) is 21.5 Å². The summed E-state index contributed by atoms with van der Waals surface area (Å²) in [5.74, 6) is 0.668. The molecule has 4 aromatic rings. The van der Waals surface area contributed by atoms with Crippen molar-refractivity contribution in [2.75, 3.05) is 31.7 Å². The highest BCUT2D eigenvalue weighted by Crippen LogP contribution is 2.28. The van der Waals surface area contributed by atoms with Crippen LogP contribution in [-0.2, 0) is 11.2 Å². The molecule has 0 radical (unpaired) electrons. The van der Waals surface area contributed by atoms with Crippen LogP contribution in [0.5, 0.6) is 0 Å². The first-order valence-electron chi connectivity index (χ1n) is 11.2. The second-order valence-corrected chi connectivity index (χ2v) is 8.16. The lowest BCUT2D eigenvalue weighted by Crippen LogP contribution is -2.40. The molecule has 170 valence electrons. The van der Waals surface area contributed by atoms with E-state index in [0.717, 1.165) is 33.2 Å². The van der Waals surface area contributed by atoms with E-state index in [0.29, 0.717) is 44.1 Å². The minimum Gasteiger partial charge on any atom is -0.378 e. The Morgan fingerprint density at radius 2 is 1.82 bits per heavy atom. The van der Waals surface area contributed by atoms with Crippen molar-refractivity contribution in [2.45, 2.75) is 6.42 Å². The Bertz CT molecular complexity index is 1340. The van der Waals surface area contributed by atoms with E-state index in [4.69, 9.17) is 4.74 Å². The fourth-order valence-electron chi connectivity index (χ4n) is 4.27. The maximum Gasteiger partial charge on any atom is 0.254 e. The second-order valence-electron chi connectivity index (χ2n) is 8.16. The van der Waals surface area contributed by atoms with E-state index in [2.05, 4.69) is 51.5 Å². The molecule has 0 unspecified atom stereocenters. The molecule has 2 aromatic carbocycles. The number of pyridine rings is 2. The van der Waals surface area contributed by atoms with Gasteiger partial charge in [0, 0.05) is 60.7 Å². The maximum atomic E-state index is 13.0. The largest absolute Gasteiger partial charge is 0.378 e. The molecular formula is C27H25N5O2. The smallest absolute Gasteiger partial charge is 0.254 e. The molecule has 0 bridgehead atoms. The Hall–Kier alpha value is -4.10. The van der Waals surface area contributed by atoms with Gasteiger partial charge < -0.3 is 9.64 Å². The van der Waals surface area contributed by atoms with Crippen LogP contribution in [0.3, 0.4) is 0 Å². The van der Waals surface area contributed by atoms with Crippen molar-refractivity contribution in [3.8, 4) is 11.1 Å². The highest BCUT2D eigenvalue weighted by molar-refractivity contribution is 5.95. The molecule has 0 saturated carbocycles. The minimum atomic E-state index is 0.0225. The summed E-state index contributed by atoms with van der Waals surface area (Å²) in [6, 6.07) is 19.9. The topological polar surface area (TPSA) is 79.7 Å². The lowest BCUT2D eigenvalue weighted by Gasteiger charge is -2.27. The number of nitrogens with one attached hydrogen (secondary N) is 1. The summed E-state index contributed by atoms with van der Waals surface area (Å²) in [5, 5.41) is 4.92. The predicted octanol–water partition coefficient (Wildman–Crippen LogP) is 4.39. The van der Waals surface area contributed by atoms with Gasteiger partial charge in [0.05, 0.1) is 18.7 Å². The van der Waals surface area contributed by atoms with Crippen LogP contribution < -0.4 is 5.43 Å². The highest BCUT2D eigenvalue weighted by atomic mass is 16.5. The van der Waals surface area contributed by atoms with Crippen molar-refractivity contribution < 1.29 is 9.53 Å². The first-order valence-corrected chi connectivity index (χ1v) is 11.2. The van der Waals surface area contributed by atoms with E-state index in [1.54, 1.807) is 6.20 Å². The molecule has 7 heteroatoms. The number of hydrazone groups is 1. The van der Waals surface area contributed by atoms with E-state index >= 15 is 0 Å². The van der Waals surface area contributed by atoms with Gasteiger partial charge >= 0.3 is 0 Å². The van der Waals surface area contributed by atoms with Gasteiger partial charge in [0.1, 0.15) is 5.82 Å². The molecule has 0 spiro atoms. The number of amides is 1. The second kappa shape index (κ2) is 9.80. The summed E-state index contributed by atoms with van der Waals surface area (Å²) < 4.78 is 5.37. The zero-order valence-corrected chi connectivity index (χ0v) is 18.8. The zero-order valence-electron chi connectivity index (χ0n) is 18.8. The molecule has 34 heavy (non-hydrogen) atoms. The number of rotatable bonds is 6. The molecular weight excluding hydrogens is 426 g/mol. The van der Waals surface area contributed by atoms with Gasteiger partial charge in [-0.2, -0.15) is 5.10 Å².